The number of hydrogen-bond acceptors (Lipinski definition) is 5. The summed E-state index contributed by atoms with van der Waals surface area (Å²) in [5.74, 6) is -0.103. The van der Waals surface area contributed by atoms with Crippen molar-refractivity contribution in [2.75, 3.05) is 24.3 Å². The van der Waals surface area contributed by atoms with Gasteiger partial charge in [0.25, 0.3) is 5.91 Å². The third-order valence-corrected chi connectivity index (χ3v) is 5.43. The molecule has 1 aliphatic heterocycles. The average molecular weight is 401 g/mol. The predicted octanol–water partition coefficient (Wildman–Crippen LogP) is 3.35. The van der Waals surface area contributed by atoms with Crippen LogP contribution in [0, 0.1) is 0 Å². The van der Waals surface area contributed by atoms with Gasteiger partial charge < -0.3 is 20.3 Å². The maximum absolute atomic E-state index is 13.0. The van der Waals surface area contributed by atoms with E-state index in [1.165, 1.54) is 25.4 Å². The molecule has 1 atom stereocenters. The Morgan fingerprint density at radius 1 is 1.18 bits per heavy atom. The van der Waals surface area contributed by atoms with Crippen molar-refractivity contribution in [1.29, 1.82) is 0 Å². The third-order valence-electron chi connectivity index (χ3n) is 4.58. The summed E-state index contributed by atoms with van der Waals surface area (Å²) >= 11 is 1.37. The standard InChI is InChI=1S/C20H23N3O4S/c1-13(24)21-14-8-9-17(27-2)15(12-14)22-19(25)16-6-3-4-10-23(16)20(26)18-7-5-11-28-18/h5,7-9,11-12,16H,3-4,6,10H2,1-2H3,(H,21,24)(H,22,25)/t16-/m1/s1. The van der Waals surface area contributed by atoms with Gasteiger partial charge in [0.05, 0.1) is 17.7 Å². The van der Waals surface area contributed by atoms with E-state index in [0.717, 1.165) is 12.8 Å². The molecule has 0 unspecified atom stereocenters. The minimum absolute atomic E-state index is 0.117. The summed E-state index contributed by atoms with van der Waals surface area (Å²) in [6.45, 7) is 1.97. The van der Waals surface area contributed by atoms with Crippen LogP contribution in [0.15, 0.2) is 35.7 Å². The molecule has 1 saturated heterocycles. The fraction of sp³-hybridized carbons (Fsp3) is 0.350. The minimum Gasteiger partial charge on any atom is -0.495 e. The van der Waals surface area contributed by atoms with Crippen LogP contribution in [0.4, 0.5) is 11.4 Å². The van der Waals surface area contributed by atoms with Crippen LogP contribution in [0.1, 0.15) is 35.9 Å². The summed E-state index contributed by atoms with van der Waals surface area (Å²) in [6.07, 6.45) is 2.37. The number of piperidine rings is 1. The van der Waals surface area contributed by atoms with Gasteiger partial charge >= 0.3 is 0 Å². The normalized spacial score (nSPS) is 16.4. The smallest absolute Gasteiger partial charge is 0.264 e. The van der Waals surface area contributed by atoms with Crippen molar-refractivity contribution >= 4 is 40.4 Å². The number of carbonyl (C=O) groups excluding carboxylic acids is 3. The van der Waals surface area contributed by atoms with E-state index in [4.69, 9.17) is 4.74 Å². The second-order valence-electron chi connectivity index (χ2n) is 6.57. The SMILES string of the molecule is COc1ccc(NC(C)=O)cc1NC(=O)[C@H]1CCCCN1C(=O)c1cccs1. The molecule has 28 heavy (non-hydrogen) atoms. The zero-order valence-electron chi connectivity index (χ0n) is 15.9. The first-order chi connectivity index (χ1) is 13.5. The lowest BCUT2D eigenvalue weighted by Crippen LogP contribution is -2.49. The highest BCUT2D eigenvalue weighted by molar-refractivity contribution is 7.12. The van der Waals surface area contributed by atoms with Crippen LogP contribution in [0.25, 0.3) is 0 Å². The van der Waals surface area contributed by atoms with Crippen LogP contribution >= 0.6 is 11.3 Å². The number of thiophene rings is 1. The van der Waals surface area contributed by atoms with E-state index in [1.54, 1.807) is 29.2 Å². The van der Waals surface area contributed by atoms with Crippen LogP contribution in [0.5, 0.6) is 5.75 Å². The van der Waals surface area contributed by atoms with E-state index in [0.29, 0.717) is 35.0 Å². The number of hydrogen-bond donors (Lipinski definition) is 2. The van der Waals surface area contributed by atoms with Crippen molar-refractivity contribution in [3.05, 3.63) is 40.6 Å². The molecule has 3 amide bonds. The molecule has 1 aromatic heterocycles. The van der Waals surface area contributed by atoms with Crippen LogP contribution in [0.3, 0.4) is 0 Å². The largest absolute Gasteiger partial charge is 0.495 e. The summed E-state index contributed by atoms with van der Waals surface area (Å²) in [4.78, 5) is 39.4. The number of nitrogens with one attached hydrogen (secondary N) is 2. The molecule has 1 fully saturated rings. The number of rotatable bonds is 5. The van der Waals surface area contributed by atoms with E-state index < -0.39 is 6.04 Å². The molecular formula is C20H23N3O4S. The molecule has 0 aliphatic carbocycles. The Morgan fingerprint density at radius 2 is 2.00 bits per heavy atom. The molecule has 8 heteroatoms. The van der Waals surface area contributed by atoms with Gasteiger partial charge in [0.15, 0.2) is 0 Å². The number of ether oxygens (including phenoxy) is 1. The highest BCUT2D eigenvalue weighted by Gasteiger charge is 2.33. The summed E-state index contributed by atoms with van der Waals surface area (Å²) in [5, 5.41) is 7.41. The quantitative estimate of drug-likeness (QED) is 0.804. The number of methoxy groups -OCH3 is 1. The third kappa shape index (κ3) is 4.51. The summed E-state index contributed by atoms with van der Waals surface area (Å²) in [5.41, 5.74) is 1.01. The molecule has 0 bridgehead atoms. The van der Waals surface area contributed by atoms with E-state index in [2.05, 4.69) is 10.6 Å². The molecule has 2 heterocycles. The van der Waals surface area contributed by atoms with Crippen molar-refractivity contribution in [3.8, 4) is 5.75 Å². The maximum atomic E-state index is 13.0. The highest BCUT2D eigenvalue weighted by Crippen LogP contribution is 2.29. The number of nitrogens with zero attached hydrogens (tertiary/aromatic N) is 1. The van der Waals surface area contributed by atoms with Gasteiger partial charge in [0, 0.05) is 19.2 Å². The van der Waals surface area contributed by atoms with Crippen LogP contribution in [-0.4, -0.2) is 42.3 Å². The first-order valence-corrected chi connectivity index (χ1v) is 9.98. The summed E-state index contributed by atoms with van der Waals surface area (Å²) in [7, 11) is 1.51. The Hall–Kier alpha value is -2.87. The van der Waals surface area contributed by atoms with Gasteiger partial charge in [0.1, 0.15) is 11.8 Å². The van der Waals surface area contributed by atoms with Gasteiger partial charge in [-0.25, -0.2) is 0 Å². The molecule has 0 spiro atoms. The van der Waals surface area contributed by atoms with Crippen LogP contribution in [0.2, 0.25) is 0 Å². The number of carbonyl (C=O) groups is 3. The topological polar surface area (TPSA) is 87.7 Å². The molecule has 2 aromatic rings. The molecule has 7 nitrogen and oxygen atoms in total. The lowest BCUT2D eigenvalue weighted by Gasteiger charge is -2.34. The average Bonchev–Trinajstić information content (AvgIpc) is 3.22. The Kier molecular flexibility index (Phi) is 6.30. The van der Waals surface area contributed by atoms with Crippen molar-refractivity contribution in [2.24, 2.45) is 0 Å². The zero-order valence-corrected chi connectivity index (χ0v) is 16.7. The first kappa shape index (κ1) is 19.9. The molecule has 1 aliphatic rings. The van der Waals surface area contributed by atoms with Gasteiger partial charge in [-0.1, -0.05) is 6.07 Å². The Labute approximate surface area is 167 Å². The summed E-state index contributed by atoms with van der Waals surface area (Å²) in [6, 6.07) is 8.08. The molecule has 2 N–H and O–H groups in total. The van der Waals surface area contributed by atoms with Crippen LogP contribution < -0.4 is 15.4 Å². The van der Waals surface area contributed by atoms with Gasteiger partial charge in [0.2, 0.25) is 11.8 Å². The van der Waals surface area contributed by atoms with Crippen LogP contribution in [-0.2, 0) is 9.59 Å². The van der Waals surface area contributed by atoms with Gasteiger partial charge in [-0.05, 0) is 48.9 Å². The molecule has 0 radical (unpaired) electrons. The molecule has 3 rings (SSSR count). The maximum Gasteiger partial charge on any atom is 0.264 e. The van der Waals surface area contributed by atoms with Gasteiger partial charge in [-0.2, -0.15) is 0 Å². The number of anilines is 2. The van der Waals surface area contributed by atoms with E-state index in [-0.39, 0.29) is 17.7 Å². The molecular weight excluding hydrogens is 378 g/mol. The monoisotopic (exact) mass is 401 g/mol. The number of benzene rings is 1. The van der Waals surface area contributed by atoms with Gasteiger partial charge in [-0.3, -0.25) is 14.4 Å². The molecule has 1 aromatic carbocycles. The number of likely N-dealkylation sites (tertiary alicyclic amines) is 1. The van der Waals surface area contributed by atoms with E-state index >= 15 is 0 Å². The second kappa shape index (κ2) is 8.88. The van der Waals surface area contributed by atoms with Crippen molar-refractivity contribution in [1.82, 2.24) is 4.90 Å². The van der Waals surface area contributed by atoms with Crippen molar-refractivity contribution < 1.29 is 19.1 Å². The predicted molar refractivity (Wildman–Crippen MR) is 109 cm³/mol. The Morgan fingerprint density at radius 3 is 2.68 bits per heavy atom. The Bertz CT molecular complexity index is 866. The lowest BCUT2D eigenvalue weighted by molar-refractivity contribution is -0.121. The lowest BCUT2D eigenvalue weighted by atomic mass is 10.0. The first-order valence-electron chi connectivity index (χ1n) is 9.10. The van der Waals surface area contributed by atoms with Crippen molar-refractivity contribution in [2.45, 2.75) is 32.2 Å². The fourth-order valence-electron chi connectivity index (χ4n) is 3.29. The van der Waals surface area contributed by atoms with Gasteiger partial charge in [-0.15, -0.1) is 11.3 Å². The van der Waals surface area contributed by atoms with Crippen molar-refractivity contribution in [3.63, 3.8) is 0 Å². The molecule has 0 saturated carbocycles. The zero-order chi connectivity index (χ0) is 20.1. The second-order valence-corrected chi connectivity index (χ2v) is 7.52. The highest BCUT2D eigenvalue weighted by atomic mass is 32.1. The minimum atomic E-state index is -0.544. The van der Waals surface area contributed by atoms with E-state index in [1.807, 2.05) is 11.4 Å². The Balaban J connectivity index is 1.80. The molecule has 148 valence electrons. The number of amides is 3. The fourth-order valence-corrected chi connectivity index (χ4v) is 3.97. The summed E-state index contributed by atoms with van der Waals surface area (Å²) < 4.78 is 5.32. The van der Waals surface area contributed by atoms with E-state index in [9.17, 15) is 14.4 Å².